The average Bonchev–Trinajstić information content (AvgIpc) is 2.49. The summed E-state index contributed by atoms with van der Waals surface area (Å²) in [5.74, 6) is 0.533. The summed E-state index contributed by atoms with van der Waals surface area (Å²) < 4.78 is 4.87. The van der Waals surface area contributed by atoms with E-state index in [-0.39, 0.29) is 11.1 Å². The lowest BCUT2D eigenvalue weighted by atomic mass is 10.0. The van der Waals surface area contributed by atoms with Crippen LogP contribution in [0.25, 0.3) is 0 Å². The number of hydrogen-bond donors (Lipinski definition) is 0. The average molecular weight is 279 g/mol. The van der Waals surface area contributed by atoms with Gasteiger partial charge >= 0.3 is 0 Å². The zero-order valence-corrected chi connectivity index (χ0v) is 9.71. The molecule has 2 heterocycles. The molecule has 0 bridgehead atoms. The van der Waals surface area contributed by atoms with E-state index in [1.54, 1.807) is 11.0 Å². The number of hydrogen-bond acceptors (Lipinski definition) is 2. The van der Waals surface area contributed by atoms with Gasteiger partial charge in [-0.1, -0.05) is 15.9 Å². The maximum atomic E-state index is 11.7. The highest BCUT2D eigenvalue weighted by atomic mass is 79.9. The van der Waals surface area contributed by atoms with Gasteiger partial charge in [0, 0.05) is 24.3 Å². The molecule has 1 aliphatic rings. The second kappa shape index (κ2) is 3.95. The van der Waals surface area contributed by atoms with Crippen LogP contribution in [0.3, 0.4) is 0 Å². The van der Waals surface area contributed by atoms with Gasteiger partial charge < -0.3 is 9.32 Å². The first-order chi connectivity index (χ1) is 6.72. The Balaban J connectivity index is 2.01. The van der Waals surface area contributed by atoms with Crippen LogP contribution >= 0.6 is 27.5 Å². The van der Waals surface area contributed by atoms with E-state index in [0.29, 0.717) is 11.5 Å². The molecule has 2 rings (SSSR count). The number of amides is 1. The van der Waals surface area contributed by atoms with E-state index in [0.717, 1.165) is 18.4 Å². The van der Waals surface area contributed by atoms with Gasteiger partial charge in [-0.2, -0.15) is 0 Å². The quantitative estimate of drug-likeness (QED) is 0.778. The van der Waals surface area contributed by atoms with Gasteiger partial charge in [-0.05, 0) is 17.7 Å². The Morgan fingerprint density at radius 2 is 2.43 bits per heavy atom. The van der Waals surface area contributed by atoms with Gasteiger partial charge in [-0.15, -0.1) is 0 Å². The van der Waals surface area contributed by atoms with Crippen LogP contribution in [-0.2, 0) is 0 Å². The van der Waals surface area contributed by atoms with E-state index in [1.807, 2.05) is 0 Å². The smallest absolute Gasteiger partial charge is 0.258 e. The van der Waals surface area contributed by atoms with Crippen molar-refractivity contribution < 1.29 is 9.21 Å². The lowest BCUT2D eigenvalue weighted by Gasteiger charge is -2.38. The van der Waals surface area contributed by atoms with Crippen molar-refractivity contribution in [2.75, 3.05) is 18.4 Å². The number of furan rings is 1. The molecule has 76 valence electrons. The molecular formula is C9H9BrClNO2. The molecule has 3 nitrogen and oxygen atoms in total. The molecule has 0 aromatic carbocycles. The standard InChI is InChI=1S/C9H9BrClNO2/c10-3-6-4-12(5-6)9(13)7-1-2-14-8(7)11/h1-2,6H,3-5H2. The summed E-state index contributed by atoms with van der Waals surface area (Å²) in [6.07, 6.45) is 1.43. The van der Waals surface area contributed by atoms with Crippen molar-refractivity contribution in [1.82, 2.24) is 4.90 Å². The lowest BCUT2D eigenvalue weighted by molar-refractivity contribution is 0.0538. The number of rotatable bonds is 2. The third kappa shape index (κ3) is 1.68. The first-order valence-corrected chi connectivity index (χ1v) is 5.80. The molecule has 5 heteroatoms. The fraction of sp³-hybridized carbons (Fsp3) is 0.444. The Labute approximate surface area is 95.1 Å². The van der Waals surface area contributed by atoms with Crippen LogP contribution in [0.4, 0.5) is 0 Å². The van der Waals surface area contributed by atoms with Crippen LogP contribution in [0.15, 0.2) is 16.7 Å². The Morgan fingerprint density at radius 3 is 2.93 bits per heavy atom. The molecule has 14 heavy (non-hydrogen) atoms. The van der Waals surface area contributed by atoms with Crippen molar-refractivity contribution in [3.63, 3.8) is 0 Å². The highest BCUT2D eigenvalue weighted by Gasteiger charge is 2.31. The van der Waals surface area contributed by atoms with Crippen LogP contribution in [-0.4, -0.2) is 29.2 Å². The van der Waals surface area contributed by atoms with Crippen molar-refractivity contribution in [3.05, 3.63) is 23.1 Å². The summed E-state index contributed by atoms with van der Waals surface area (Å²) in [4.78, 5) is 13.5. The molecule has 1 fully saturated rings. The van der Waals surface area contributed by atoms with E-state index in [4.69, 9.17) is 16.0 Å². The van der Waals surface area contributed by atoms with Crippen LogP contribution in [0, 0.1) is 5.92 Å². The number of carbonyl (C=O) groups excluding carboxylic acids is 1. The summed E-state index contributed by atoms with van der Waals surface area (Å²) >= 11 is 9.09. The zero-order valence-electron chi connectivity index (χ0n) is 7.37. The largest absolute Gasteiger partial charge is 0.452 e. The number of alkyl halides is 1. The van der Waals surface area contributed by atoms with Crippen LogP contribution in [0.1, 0.15) is 10.4 Å². The predicted octanol–water partition coefficient (Wildman–Crippen LogP) is 2.40. The minimum absolute atomic E-state index is 0.0408. The minimum Gasteiger partial charge on any atom is -0.452 e. The van der Waals surface area contributed by atoms with Crippen LogP contribution in [0.5, 0.6) is 0 Å². The minimum atomic E-state index is -0.0408. The molecule has 1 aromatic heterocycles. The van der Waals surface area contributed by atoms with E-state index in [1.165, 1.54) is 6.26 Å². The molecule has 0 atom stereocenters. The maximum Gasteiger partial charge on any atom is 0.258 e. The molecule has 1 aliphatic heterocycles. The van der Waals surface area contributed by atoms with Crippen molar-refractivity contribution in [1.29, 1.82) is 0 Å². The third-order valence-corrected chi connectivity index (χ3v) is 3.52. The van der Waals surface area contributed by atoms with Gasteiger partial charge in [0.2, 0.25) is 5.22 Å². The first-order valence-electron chi connectivity index (χ1n) is 4.30. The molecule has 0 unspecified atom stereocenters. The second-order valence-electron chi connectivity index (χ2n) is 3.34. The molecule has 0 aliphatic carbocycles. The van der Waals surface area contributed by atoms with Crippen molar-refractivity contribution in [2.45, 2.75) is 0 Å². The van der Waals surface area contributed by atoms with Gasteiger partial charge in [0.1, 0.15) is 0 Å². The van der Waals surface area contributed by atoms with E-state index in [2.05, 4.69) is 15.9 Å². The number of carbonyl (C=O) groups is 1. The van der Waals surface area contributed by atoms with E-state index >= 15 is 0 Å². The molecule has 0 radical (unpaired) electrons. The predicted molar refractivity (Wildman–Crippen MR) is 56.9 cm³/mol. The highest BCUT2D eigenvalue weighted by molar-refractivity contribution is 9.09. The Bertz CT molecular complexity index is 346. The molecule has 1 aromatic rings. The SMILES string of the molecule is O=C(c1ccoc1Cl)N1CC(CBr)C1. The highest BCUT2D eigenvalue weighted by Crippen LogP contribution is 2.24. The normalized spacial score (nSPS) is 16.9. The Kier molecular flexibility index (Phi) is 2.83. The van der Waals surface area contributed by atoms with Gasteiger partial charge in [0.15, 0.2) is 0 Å². The van der Waals surface area contributed by atoms with E-state index in [9.17, 15) is 4.79 Å². The first kappa shape index (κ1) is 10.1. The summed E-state index contributed by atoms with van der Waals surface area (Å²) in [5.41, 5.74) is 0.458. The zero-order chi connectivity index (χ0) is 10.1. The van der Waals surface area contributed by atoms with Crippen molar-refractivity contribution in [2.24, 2.45) is 5.92 Å². The summed E-state index contributed by atoms with van der Waals surface area (Å²) in [6, 6.07) is 1.60. The summed E-state index contributed by atoms with van der Waals surface area (Å²) in [5, 5.41) is 1.12. The van der Waals surface area contributed by atoms with Gasteiger partial charge in [0.25, 0.3) is 5.91 Å². The maximum absolute atomic E-state index is 11.7. The molecule has 0 spiro atoms. The molecule has 1 amide bonds. The Morgan fingerprint density at radius 1 is 1.71 bits per heavy atom. The lowest BCUT2D eigenvalue weighted by Crippen LogP contribution is -2.50. The second-order valence-corrected chi connectivity index (χ2v) is 4.33. The van der Waals surface area contributed by atoms with Gasteiger partial charge in [-0.3, -0.25) is 4.79 Å². The number of nitrogens with zero attached hydrogens (tertiary/aromatic N) is 1. The van der Waals surface area contributed by atoms with Crippen molar-refractivity contribution >= 4 is 33.4 Å². The molecule has 0 N–H and O–H groups in total. The fourth-order valence-corrected chi connectivity index (χ4v) is 2.05. The monoisotopic (exact) mass is 277 g/mol. The summed E-state index contributed by atoms with van der Waals surface area (Å²) in [6.45, 7) is 1.59. The fourth-order valence-electron chi connectivity index (χ4n) is 1.45. The summed E-state index contributed by atoms with van der Waals surface area (Å²) in [7, 11) is 0. The Hall–Kier alpha value is -0.480. The van der Waals surface area contributed by atoms with Gasteiger partial charge in [0.05, 0.1) is 11.8 Å². The van der Waals surface area contributed by atoms with Crippen LogP contribution < -0.4 is 0 Å². The molecule has 0 saturated carbocycles. The molecular weight excluding hydrogens is 269 g/mol. The number of likely N-dealkylation sites (tertiary alicyclic amines) is 1. The molecule has 1 saturated heterocycles. The van der Waals surface area contributed by atoms with Gasteiger partial charge in [-0.25, -0.2) is 0 Å². The van der Waals surface area contributed by atoms with E-state index < -0.39 is 0 Å². The van der Waals surface area contributed by atoms with Crippen molar-refractivity contribution in [3.8, 4) is 0 Å². The third-order valence-electron chi connectivity index (χ3n) is 2.31. The topological polar surface area (TPSA) is 33.5 Å². The van der Waals surface area contributed by atoms with Crippen LogP contribution in [0.2, 0.25) is 5.22 Å². The number of halogens is 2.